The lowest BCUT2D eigenvalue weighted by molar-refractivity contribution is -0.143. The van der Waals surface area contributed by atoms with Gasteiger partial charge in [-0.1, -0.05) is 42.5 Å². The molecule has 35 heavy (non-hydrogen) atoms. The third-order valence-corrected chi connectivity index (χ3v) is 7.05. The fourth-order valence-corrected chi connectivity index (χ4v) is 4.88. The molecule has 2 aromatic carbocycles. The standard InChI is InChI=1S/C27H32FN3O4/c1-35-26(34)27(12-13-27)20-10-8-18(9-11-20)17-30-25(33)23-7-4-14-31(23)24(32)16-21(29)15-19-5-2-3-6-22(19)28/h2-3,5-6,8-11,21,23H,4,7,12-17,29H2,1H3,(H,30,33)/t21-,23+/m1/s1. The van der Waals surface area contributed by atoms with Crippen molar-refractivity contribution in [2.75, 3.05) is 13.7 Å². The zero-order valence-electron chi connectivity index (χ0n) is 20.0. The average Bonchev–Trinajstić information content (AvgIpc) is 3.52. The molecule has 1 saturated carbocycles. The maximum Gasteiger partial charge on any atom is 0.316 e. The Kier molecular flexibility index (Phi) is 7.50. The van der Waals surface area contributed by atoms with Gasteiger partial charge >= 0.3 is 5.97 Å². The fraction of sp³-hybridized carbons (Fsp3) is 0.444. The molecule has 7 nitrogen and oxygen atoms in total. The van der Waals surface area contributed by atoms with Gasteiger partial charge in [0.1, 0.15) is 11.9 Å². The second kappa shape index (κ2) is 10.6. The molecule has 2 aliphatic rings. The summed E-state index contributed by atoms with van der Waals surface area (Å²) in [5.74, 6) is -0.929. The lowest BCUT2D eigenvalue weighted by atomic mass is 9.95. The van der Waals surface area contributed by atoms with Gasteiger partial charge in [-0.15, -0.1) is 0 Å². The van der Waals surface area contributed by atoms with Crippen LogP contribution in [-0.2, 0) is 37.5 Å². The molecule has 1 heterocycles. The average molecular weight is 482 g/mol. The van der Waals surface area contributed by atoms with Gasteiger partial charge in [0.2, 0.25) is 11.8 Å². The van der Waals surface area contributed by atoms with Crippen molar-refractivity contribution in [1.82, 2.24) is 10.2 Å². The number of amides is 2. The number of rotatable bonds is 9. The van der Waals surface area contributed by atoms with Crippen LogP contribution in [0.1, 0.15) is 48.8 Å². The highest BCUT2D eigenvalue weighted by Gasteiger charge is 2.52. The Morgan fingerprint density at radius 3 is 2.54 bits per heavy atom. The summed E-state index contributed by atoms with van der Waals surface area (Å²) in [4.78, 5) is 39.4. The summed E-state index contributed by atoms with van der Waals surface area (Å²) >= 11 is 0. The van der Waals surface area contributed by atoms with E-state index in [0.717, 1.165) is 30.4 Å². The topological polar surface area (TPSA) is 102 Å². The molecule has 3 N–H and O–H groups in total. The summed E-state index contributed by atoms with van der Waals surface area (Å²) in [6.07, 6.45) is 3.23. The van der Waals surface area contributed by atoms with Crippen molar-refractivity contribution in [3.8, 4) is 0 Å². The van der Waals surface area contributed by atoms with Crippen LogP contribution in [0.15, 0.2) is 48.5 Å². The molecule has 1 saturated heterocycles. The normalized spacial score (nSPS) is 19.2. The van der Waals surface area contributed by atoms with E-state index in [0.29, 0.717) is 25.1 Å². The van der Waals surface area contributed by atoms with Crippen molar-refractivity contribution in [3.05, 3.63) is 71.0 Å². The maximum absolute atomic E-state index is 13.9. The molecule has 4 rings (SSSR count). The number of nitrogens with two attached hydrogens (primary N) is 1. The summed E-state index contributed by atoms with van der Waals surface area (Å²) < 4.78 is 18.8. The van der Waals surface area contributed by atoms with Crippen LogP contribution in [0.4, 0.5) is 4.39 Å². The van der Waals surface area contributed by atoms with Gasteiger partial charge in [0.25, 0.3) is 0 Å². The summed E-state index contributed by atoms with van der Waals surface area (Å²) in [5, 5.41) is 2.93. The van der Waals surface area contributed by atoms with Gasteiger partial charge in [0, 0.05) is 25.6 Å². The second-order valence-corrected chi connectivity index (χ2v) is 9.49. The number of hydrogen-bond donors (Lipinski definition) is 2. The Morgan fingerprint density at radius 1 is 1.17 bits per heavy atom. The molecule has 0 spiro atoms. The van der Waals surface area contributed by atoms with Crippen LogP contribution in [0.2, 0.25) is 0 Å². The first-order valence-electron chi connectivity index (χ1n) is 12.1. The van der Waals surface area contributed by atoms with Crippen molar-refractivity contribution in [1.29, 1.82) is 0 Å². The predicted molar refractivity (Wildman–Crippen MR) is 129 cm³/mol. The van der Waals surface area contributed by atoms with Gasteiger partial charge in [-0.3, -0.25) is 14.4 Å². The first-order chi connectivity index (χ1) is 16.8. The fourth-order valence-electron chi connectivity index (χ4n) is 4.88. The van der Waals surface area contributed by atoms with Gasteiger partial charge in [-0.2, -0.15) is 0 Å². The molecular formula is C27H32FN3O4. The molecule has 0 bridgehead atoms. The molecule has 2 aromatic rings. The highest BCUT2D eigenvalue weighted by atomic mass is 19.1. The minimum absolute atomic E-state index is 0.0571. The van der Waals surface area contributed by atoms with E-state index in [9.17, 15) is 18.8 Å². The smallest absolute Gasteiger partial charge is 0.316 e. The molecule has 186 valence electrons. The lowest BCUT2D eigenvalue weighted by Gasteiger charge is -2.25. The molecule has 0 unspecified atom stereocenters. The van der Waals surface area contributed by atoms with Gasteiger partial charge < -0.3 is 20.7 Å². The number of carbonyl (C=O) groups is 3. The molecular weight excluding hydrogens is 449 g/mol. The van der Waals surface area contributed by atoms with Crippen LogP contribution >= 0.6 is 0 Å². The Morgan fingerprint density at radius 2 is 1.89 bits per heavy atom. The quantitative estimate of drug-likeness (QED) is 0.536. The third-order valence-electron chi connectivity index (χ3n) is 7.05. The van der Waals surface area contributed by atoms with E-state index in [4.69, 9.17) is 10.5 Å². The van der Waals surface area contributed by atoms with Gasteiger partial charge in [0.05, 0.1) is 12.5 Å². The van der Waals surface area contributed by atoms with Crippen molar-refractivity contribution < 1.29 is 23.5 Å². The van der Waals surface area contributed by atoms with E-state index in [1.54, 1.807) is 23.1 Å². The number of hydrogen-bond acceptors (Lipinski definition) is 5. The zero-order valence-corrected chi connectivity index (χ0v) is 20.0. The Bertz CT molecular complexity index is 1080. The van der Waals surface area contributed by atoms with Crippen LogP contribution in [0, 0.1) is 5.82 Å². The van der Waals surface area contributed by atoms with E-state index in [1.807, 2.05) is 24.3 Å². The molecule has 2 amide bonds. The maximum atomic E-state index is 13.9. The number of methoxy groups -OCH3 is 1. The Hall–Kier alpha value is -3.26. The van der Waals surface area contributed by atoms with Gasteiger partial charge in [-0.05, 0) is 54.9 Å². The number of benzene rings is 2. The number of esters is 1. The second-order valence-electron chi connectivity index (χ2n) is 9.49. The molecule has 1 aliphatic heterocycles. The monoisotopic (exact) mass is 481 g/mol. The minimum Gasteiger partial charge on any atom is -0.468 e. The highest BCUT2D eigenvalue weighted by molar-refractivity contribution is 5.88. The molecule has 8 heteroatoms. The number of likely N-dealkylation sites (tertiary alicyclic amines) is 1. The number of carbonyl (C=O) groups excluding carboxylic acids is 3. The van der Waals surface area contributed by atoms with E-state index >= 15 is 0 Å². The first kappa shape index (κ1) is 24.9. The van der Waals surface area contributed by atoms with Crippen LogP contribution in [-0.4, -0.2) is 48.4 Å². The third kappa shape index (κ3) is 5.53. The van der Waals surface area contributed by atoms with Crippen molar-refractivity contribution in [2.45, 2.75) is 62.6 Å². The largest absolute Gasteiger partial charge is 0.468 e. The summed E-state index contributed by atoms with van der Waals surface area (Å²) in [6, 6.07) is 13.0. The predicted octanol–water partition coefficient (Wildman–Crippen LogP) is 2.60. The highest BCUT2D eigenvalue weighted by Crippen LogP contribution is 2.49. The van der Waals surface area contributed by atoms with Crippen molar-refractivity contribution in [3.63, 3.8) is 0 Å². The number of halogens is 1. The molecule has 0 radical (unpaired) electrons. The number of nitrogens with zero attached hydrogens (tertiary/aromatic N) is 1. The molecule has 1 aliphatic carbocycles. The number of nitrogens with one attached hydrogen (secondary N) is 1. The molecule has 0 aromatic heterocycles. The van der Waals surface area contributed by atoms with Crippen molar-refractivity contribution in [2.24, 2.45) is 5.73 Å². The van der Waals surface area contributed by atoms with Crippen LogP contribution in [0.3, 0.4) is 0 Å². The van der Waals surface area contributed by atoms with E-state index in [-0.39, 0.29) is 36.4 Å². The summed E-state index contributed by atoms with van der Waals surface area (Å²) in [6.45, 7) is 0.837. The van der Waals surface area contributed by atoms with E-state index in [1.165, 1.54) is 13.2 Å². The van der Waals surface area contributed by atoms with Crippen molar-refractivity contribution >= 4 is 17.8 Å². The van der Waals surface area contributed by atoms with Crippen LogP contribution in [0.25, 0.3) is 0 Å². The first-order valence-corrected chi connectivity index (χ1v) is 12.1. The minimum atomic E-state index is -0.531. The van der Waals surface area contributed by atoms with E-state index in [2.05, 4.69) is 5.32 Å². The summed E-state index contributed by atoms with van der Waals surface area (Å²) in [7, 11) is 1.40. The van der Waals surface area contributed by atoms with Crippen LogP contribution < -0.4 is 11.1 Å². The van der Waals surface area contributed by atoms with Gasteiger partial charge in [-0.25, -0.2) is 4.39 Å². The van der Waals surface area contributed by atoms with E-state index < -0.39 is 17.5 Å². The Labute approximate surface area is 204 Å². The molecule has 2 atom stereocenters. The van der Waals surface area contributed by atoms with Crippen LogP contribution in [0.5, 0.6) is 0 Å². The SMILES string of the molecule is COC(=O)C1(c2ccc(CNC(=O)[C@@H]3CCCN3C(=O)C[C@H](N)Cc3ccccc3F)cc2)CC1. The number of ether oxygens (including phenoxy) is 1. The van der Waals surface area contributed by atoms with Gasteiger partial charge in [0.15, 0.2) is 0 Å². The zero-order chi connectivity index (χ0) is 25.0. The molecule has 2 fully saturated rings. The Balaban J connectivity index is 1.29. The lowest BCUT2D eigenvalue weighted by Crippen LogP contribution is -2.47. The summed E-state index contributed by atoms with van der Waals surface area (Å²) in [5.41, 5.74) is 7.93.